The van der Waals surface area contributed by atoms with E-state index in [2.05, 4.69) is 4.99 Å². The van der Waals surface area contributed by atoms with Crippen molar-refractivity contribution in [2.24, 2.45) is 4.99 Å². The third kappa shape index (κ3) is 5.01. The second-order valence-corrected chi connectivity index (χ2v) is 8.24. The van der Waals surface area contributed by atoms with Gasteiger partial charge in [0.1, 0.15) is 5.76 Å². The van der Waals surface area contributed by atoms with Gasteiger partial charge in [0, 0.05) is 29.7 Å². The third-order valence-electron chi connectivity index (χ3n) is 5.30. The molecule has 1 aliphatic rings. The Bertz CT molecular complexity index is 1220. The van der Waals surface area contributed by atoms with Gasteiger partial charge in [-0.15, -0.1) is 11.3 Å². The molecule has 33 heavy (non-hydrogen) atoms. The number of nitrogens with zero attached hydrogens (tertiary/aromatic N) is 3. The number of morpholine rings is 1. The second-order valence-electron chi connectivity index (χ2n) is 7.40. The summed E-state index contributed by atoms with van der Waals surface area (Å²) < 4.78 is 23.5. The average molecular weight is 472 g/mol. The molecule has 2 aromatic heterocycles. The number of hydrogen-bond donors (Lipinski definition) is 0. The normalized spacial score (nSPS) is 14.4. The van der Waals surface area contributed by atoms with Crippen LogP contribution in [0.25, 0.3) is 0 Å². The zero-order valence-corrected chi connectivity index (χ0v) is 19.5. The molecular weight excluding hydrogens is 446 g/mol. The molecule has 0 N–H and O–H groups in total. The minimum atomic E-state index is -0.394. The fourth-order valence-electron chi connectivity index (χ4n) is 3.47. The molecule has 0 atom stereocenters. The lowest BCUT2D eigenvalue weighted by Crippen LogP contribution is -2.40. The first kappa shape index (κ1) is 22.8. The van der Waals surface area contributed by atoms with Gasteiger partial charge in [0.25, 0.3) is 11.8 Å². The Hall–Kier alpha value is -3.37. The smallest absolute Gasteiger partial charge is 0.289 e. The molecule has 3 heterocycles. The van der Waals surface area contributed by atoms with Crippen LogP contribution in [0.3, 0.4) is 0 Å². The van der Waals surface area contributed by atoms with Gasteiger partial charge in [-0.25, -0.2) is 0 Å². The molecule has 10 heteroatoms. The minimum absolute atomic E-state index is 0.148. The minimum Gasteiger partial charge on any atom is -0.493 e. The Kier molecular flexibility index (Phi) is 6.95. The van der Waals surface area contributed by atoms with Crippen LogP contribution in [-0.2, 0) is 11.3 Å². The number of carbonyl (C=O) groups is 2. The number of rotatable bonds is 6. The van der Waals surface area contributed by atoms with Crippen LogP contribution in [0.4, 0.5) is 0 Å². The van der Waals surface area contributed by atoms with E-state index in [1.807, 2.05) is 16.9 Å². The van der Waals surface area contributed by atoms with E-state index in [-0.39, 0.29) is 5.91 Å². The van der Waals surface area contributed by atoms with Gasteiger partial charge >= 0.3 is 0 Å². The maximum absolute atomic E-state index is 12.8. The molecule has 1 fully saturated rings. The van der Waals surface area contributed by atoms with Crippen LogP contribution < -0.4 is 14.3 Å². The SMILES string of the molecule is COc1ccc(C(=O)N=c2scc(C)n2Cc2ccc(C(=O)N3CCOCC3)o2)cc1OC. The topological polar surface area (TPSA) is 95.5 Å². The molecular formula is C23H25N3O6S. The van der Waals surface area contributed by atoms with E-state index in [0.717, 1.165) is 5.69 Å². The monoisotopic (exact) mass is 471 g/mol. The Morgan fingerprint density at radius 1 is 1.09 bits per heavy atom. The standard InChI is InChI=1S/C23H25N3O6S/c1-15-14-33-23(24-21(27)16-4-6-18(29-2)20(12-16)30-3)26(15)13-17-5-7-19(32-17)22(28)25-8-10-31-11-9-25/h4-7,12,14H,8-11,13H2,1-3H3. The summed E-state index contributed by atoms with van der Waals surface area (Å²) in [5.41, 5.74) is 1.32. The Morgan fingerprint density at radius 2 is 1.85 bits per heavy atom. The van der Waals surface area contributed by atoms with Crippen molar-refractivity contribution in [3.63, 3.8) is 0 Å². The summed E-state index contributed by atoms with van der Waals surface area (Å²) >= 11 is 1.36. The molecule has 1 aromatic carbocycles. The molecule has 174 valence electrons. The highest BCUT2D eigenvalue weighted by Crippen LogP contribution is 2.27. The summed E-state index contributed by atoms with van der Waals surface area (Å²) in [5, 5.41) is 1.92. The molecule has 0 spiro atoms. The third-order valence-corrected chi connectivity index (χ3v) is 6.29. The number of amides is 2. The van der Waals surface area contributed by atoms with Crippen molar-refractivity contribution in [3.05, 3.63) is 63.3 Å². The van der Waals surface area contributed by atoms with Crippen LogP contribution in [0.5, 0.6) is 11.5 Å². The first-order valence-electron chi connectivity index (χ1n) is 10.4. The Balaban J connectivity index is 1.55. The van der Waals surface area contributed by atoms with Gasteiger partial charge in [-0.1, -0.05) is 0 Å². The number of ether oxygens (including phenoxy) is 3. The number of hydrogen-bond acceptors (Lipinski definition) is 7. The predicted molar refractivity (Wildman–Crippen MR) is 121 cm³/mol. The predicted octanol–water partition coefficient (Wildman–Crippen LogP) is 2.73. The van der Waals surface area contributed by atoms with E-state index < -0.39 is 5.91 Å². The highest BCUT2D eigenvalue weighted by molar-refractivity contribution is 7.07. The van der Waals surface area contributed by atoms with Crippen molar-refractivity contribution in [2.45, 2.75) is 13.5 Å². The summed E-state index contributed by atoms with van der Waals surface area (Å²) in [6.07, 6.45) is 0. The van der Waals surface area contributed by atoms with E-state index in [9.17, 15) is 9.59 Å². The molecule has 0 aliphatic carbocycles. The van der Waals surface area contributed by atoms with Crippen molar-refractivity contribution in [2.75, 3.05) is 40.5 Å². The highest BCUT2D eigenvalue weighted by Gasteiger charge is 2.21. The fraction of sp³-hybridized carbons (Fsp3) is 0.348. The second kappa shape index (κ2) is 10.1. The van der Waals surface area contributed by atoms with Crippen molar-refractivity contribution in [1.82, 2.24) is 9.47 Å². The summed E-state index contributed by atoms with van der Waals surface area (Å²) in [5.74, 6) is 1.35. The van der Waals surface area contributed by atoms with Crippen molar-refractivity contribution < 1.29 is 28.2 Å². The maximum atomic E-state index is 12.8. The quantitative estimate of drug-likeness (QED) is 0.549. The van der Waals surface area contributed by atoms with Gasteiger partial charge in [-0.3, -0.25) is 9.59 Å². The number of methoxy groups -OCH3 is 2. The first-order valence-corrected chi connectivity index (χ1v) is 11.3. The van der Waals surface area contributed by atoms with Crippen LogP contribution >= 0.6 is 11.3 Å². The zero-order valence-electron chi connectivity index (χ0n) is 18.7. The van der Waals surface area contributed by atoms with Gasteiger partial charge < -0.3 is 28.1 Å². The highest BCUT2D eigenvalue weighted by atomic mass is 32.1. The fourth-order valence-corrected chi connectivity index (χ4v) is 4.35. The lowest BCUT2D eigenvalue weighted by molar-refractivity contribution is 0.0281. The Labute approximate surface area is 194 Å². The molecule has 0 bridgehead atoms. The summed E-state index contributed by atoms with van der Waals surface area (Å²) in [4.78, 5) is 32.0. The zero-order chi connectivity index (χ0) is 23.4. The first-order chi connectivity index (χ1) is 16.0. The summed E-state index contributed by atoms with van der Waals surface area (Å²) in [6, 6.07) is 8.38. The van der Waals surface area contributed by atoms with E-state index >= 15 is 0 Å². The van der Waals surface area contributed by atoms with E-state index in [1.54, 1.807) is 35.2 Å². The number of thiazole rings is 1. The molecule has 3 aromatic rings. The van der Waals surface area contributed by atoms with Gasteiger partial charge in [0.05, 0.1) is 34.0 Å². The van der Waals surface area contributed by atoms with Crippen LogP contribution in [0.2, 0.25) is 0 Å². The molecule has 4 rings (SSSR count). The number of furan rings is 1. The molecule has 0 saturated carbocycles. The summed E-state index contributed by atoms with van der Waals surface area (Å²) in [6.45, 7) is 4.44. The van der Waals surface area contributed by atoms with E-state index in [1.165, 1.54) is 25.6 Å². The number of carbonyl (C=O) groups excluding carboxylic acids is 2. The molecule has 1 aliphatic heterocycles. The van der Waals surface area contributed by atoms with Crippen LogP contribution in [0, 0.1) is 6.92 Å². The molecule has 2 amide bonds. The van der Waals surface area contributed by atoms with Crippen LogP contribution in [0.1, 0.15) is 32.4 Å². The van der Waals surface area contributed by atoms with Gasteiger partial charge in [0.2, 0.25) is 0 Å². The largest absolute Gasteiger partial charge is 0.493 e. The van der Waals surface area contributed by atoms with E-state index in [0.29, 0.717) is 66.2 Å². The van der Waals surface area contributed by atoms with Crippen LogP contribution in [-0.4, -0.2) is 61.8 Å². The molecule has 0 radical (unpaired) electrons. The molecule has 1 saturated heterocycles. The van der Waals surface area contributed by atoms with Gasteiger partial charge in [-0.05, 0) is 37.3 Å². The van der Waals surface area contributed by atoms with E-state index in [4.69, 9.17) is 18.6 Å². The lowest BCUT2D eigenvalue weighted by Gasteiger charge is -2.25. The van der Waals surface area contributed by atoms with Crippen molar-refractivity contribution >= 4 is 23.2 Å². The molecule has 0 unspecified atom stereocenters. The van der Waals surface area contributed by atoms with Crippen molar-refractivity contribution in [1.29, 1.82) is 0 Å². The summed E-state index contributed by atoms with van der Waals surface area (Å²) in [7, 11) is 3.05. The van der Waals surface area contributed by atoms with Crippen molar-refractivity contribution in [3.8, 4) is 11.5 Å². The van der Waals surface area contributed by atoms with Gasteiger partial charge in [-0.2, -0.15) is 4.99 Å². The number of benzene rings is 1. The Morgan fingerprint density at radius 3 is 2.58 bits per heavy atom. The molecule has 9 nitrogen and oxygen atoms in total. The van der Waals surface area contributed by atoms with Crippen LogP contribution in [0.15, 0.2) is 45.1 Å². The lowest BCUT2D eigenvalue weighted by atomic mass is 10.2. The number of aryl methyl sites for hydroxylation is 1. The average Bonchev–Trinajstić information content (AvgIpc) is 3.46. The maximum Gasteiger partial charge on any atom is 0.289 e. The van der Waals surface area contributed by atoms with Gasteiger partial charge in [0.15, 0.2) is 22.1 Å². The number of aromatic nitrogens is 1.